The summed E-state index contributed by atoms with van der Waals surface area (Å²) in [6, 6.07) is 10.4. The molecule has 1 atom stereocenters. The number of para-hydroxylation sites is 1. The fraction of sp³-hybridized carbons (Fsp3) is 0.421. The SMILES string of the molecule is CCCN(C(=O)COC(=O)c1ccc2ccccc2n1)[C@H]1CCS(=O)(=O)C1. The average Bonchev–Trinajstić information content (AvgIpc) is 3.02. The van der Waals surface area contributed by atoms with Gasteiger partial charge >= 0.3 is 5.97 Å². The highest BCUT2D eigenvalue weighted by Crippen LogP contribution is 2.18. The third kappa shape index (κ3) is 4.63. The van der Waals surface area contributed by atoms with Gasteiger partial charge < -0.3 is 9.64 Å². The summed E-state index contributed by atoms with van der Waals surface area (Å²) in [6.07, 6.45) is 1.12. The smallest absolute Gasteiger partial charge is 0.357 e. The Morgan fingerprint density at radius 1 is 1.22 bits per heavy atom. The van der Waals surface area contributed by atoms with Gasteiger partial charge in [0.15, 0.2) is 16.4 Å². The number of fused-ring (bicyclic) bond motifs is 1. The maximum atomic E-state index is 12.5. The van der Waals surface area contributed by atoms with E-state index in [-0.39, 0.29) is 29.1 Å². The maximum absolute atomic E-state index is 12.5. The minimum absolute atomic E-state index is 0.0289. The number of carbonyl (C=O) groups excluding carboxylic acids is 2. The number of sulfone groups is 1. The number of benzene rings is 1. The van der Waals surface area contributed by atoms with Crippen LogP contribution in [0.2, 0.25) is 0 Å². The van der Waals surface area contributed by atoms with Crippen molar-refractivity contribution in [2.45, 2.75) is 25.8 Å². The molecule has 144 valence electrons. The van der Waals surface area contributed by atoms with Crippen LogP contribution in [0.5, 0.6) is 0 Å². The van der Waals surface area contributed by atoms with Crippen LogP contribution < -0.4 is 0 Å². The molecule has 1 aromatic carbocycles. The van der Waals surface area contributed by atoms with Crippen LogP contribution in [0.15, 0.2) is 36.4 Å². The molecule has 1 fully saturated rings. The summed E-state index contributed by atoms with van der Waals surface area (Å²) in [5.74, 6) is -0.997. The molecule has 2 heterocycles. The summed E-state index contributed by atoms with van der Waals surface area (Å²) in [5.41, 5.74) is 0.800. The first kappa shape index (κ1) is 19.3. The number of rotatable bonds is 6. The van der Waals surface area contributed by atoms with Crippen molar-refractivity contribution in [3.63, 3.8) is 0 Å². The average molecular weight is 390 g/mol. The summed E-state index contributed by atoms with van der Waals surface area (Å²) in [4.78, 5) is 30.5. The van der Waals surface area contributed by atoms with E-state index < -0.39 is 22.4 Å². The van der Waals surface area contributed by atoms with Gasteiger partial charge in [-0.05, 0) is 25.0 Å². The molecule has 1 aliphatic rings. The summed E-state index contributed by atoms with van der Waals surface area (Å²) in [5, 5.41) is 0.904. The van der Waals surface area contributed by atoms with Crippen LogP contribution in [0.4, 0.5) is 0 Å². The minimum atomic E-state index is -3.10. The van der Waals surface area contributed by atoms with Gasteiger partial charge in [-0.3, -0.25) is 4.79 Å². The van der Waals surface area contributed by atoms with E-state index >= 15 is 0 Å². The van der Waals surface area contributed by atoms with Crippen molar-refractivity contribution < 1.29 is 22.7 Å². The second kappa shape index (κ2) is 8.04. The summed E-state index contributed by atoms with van der Waals surface area (Å²) in [7, 11) is -3.10. The van der Waals surface area contributed by atoms with Crippen LogP contribution in [0.25, 0.3) is 10.9 Å². The Morgan fingerprint density at radius 3 is 2.70 bits per heavy atom. The number of amides is 1. The predicted octanol–water partition coefficient (Wildman–Crippen LogP) is 1.82. The zero-order valence-electron chi connectivity index (χ0n) is 15.1. The maximum Gasteiger partial charge on any atom is 0.357 e. The van der Waals surface area contributed by atoms with Crippen LogP contribution in [-0.2, 0) is 19.4 Å². The molecule has 7 nitrogen and oxygen atoms in total. The van der Waals surface area contributed by atoms with Crippen molar-refractivity contribution in [1.82, 2.24) is 9.88 Å². The standard InChI is InChI=1S/C19H22N2O5S/c1-2-10-21(15-9-11-27(24,25)13-15)18(22)12-26-19(23)17-8-7-14-5-3-4-6-16(14)20-17/h3-8,15H,2,9-13H2,1H3/t15-/m0/s1. The number of hydrogen-bond acceptors (Lipinski definition) is 6. The lowest BCUT2D eigenvalue weighted by atomic mass is 10.2. The first-order chi connectivity index (χ1) is 12.9. The van der Waals surface area contributed by atoms with Gasteiger partial charge in [0.05, 0.1) is 17.0 Å². The highest BCUT2D eigenvalue weighted by Gasteiger charge is 2.34. The molecule has 2 aromatic rings. The lowest BCUT2D eigenvalue weighted by Gasteiger charge is -2.27. The fourth-order valence-electron chi connectivity index (χ4n) is 3.24. The molecular weight excluding hydrogens is 368 g/mol. The topological polar surface area (TPSA) is 93.6 Å². The number of aromatic nitrogens is 1. The van der Waals surface area contributed by atoms with Crippen LogP contribution >= 0.6 is 0 Å². The van der Waals surface area contributed by atoms with E-state index in [0.29, 0.717) is 24.9 Å². The molecule has 0 N–H and O–H groups in total. The minimum Gasteiger partial charge on any atom is -0.451 e. The van der Waals surface area contributed by atoms with E-state index in [2.05, 4.69) is 4.98 Å². The van der Waals surface area contributed by atoms with Crippen LogP contribution in [0.1, 0.15) is 30.3 Å². The van der Waals surface area contributed by atoms with Gasteiger partial charge in [-0.25, -0.2) is 18.2 Å². The van der Waals surface area contributed by atoms with Crippen molar-refractivity contribution >= 4 is 32.6 Å². The summed E-state index contributed by atoms with van der Waals surface area (Å²) >= 11 is 0. The molecule has 0 spiro atoms. The number of hydrogen-bond donors (Lipinski definition) is 0. The molecule has 1 aromatic heterocycles. The molecule has 0 aliphatic carbocycles. The van der Waals surface area contributed by atoms with Crippen molar-refractivity contribution in [3.05, 3.63) is 42.1 Å². The Kier molecular flexibility index (Phi) is 5.74. The number of esters is 1. The lowest BCUT2D eigenvalue weighted by molar-refractivity contribution is -0.136. The zero-order valence-corrected chi connectivity index (χ0v) is 15.9. The molecule has 1 amide bonds. The number of carbonyl (C=O) groups is 2. The van der Waals surface area contributed by atoms with Crippen molar-refractivity contribution in [3.8, 4) is 0 Å². The monoisotopic (exact) mass is 390 g/mol. The molecule has 27 heavy (non-hydrogen) atoms. The third-order valence-corrected chi connectivity index (χ3v) is 6.32. The van der Waals surface area contributed by atoms with E-state index in [0.717, 1.165) is 5.39 Å². The van der Waals surface area contributed by atoms with Gasteiger partial charge in [0.25, 0.3) is 5.91 Å². The number of nitrogens with zero attached hydrogens (tertiary/aromatic N) is 2. The zero-order chi connectivity index (χ0) is 19.4. The second-order valence-electron chi connectivity index (χ2n) is 6.61. The molecular formula is C19H22N2O5S. The highest BCUT2D eigenvalue weighted by molar-refractivity contribution is 7.91. The van der Waals surface area contributed by atoms with Gasteiger partial charge in [0.1, 0.15) is 5.69 Å². The normalized spacial score (nSPS) is 18.3. The summed E-state index contributed by atoms with van der Waals surface area (Å²) in [6.45, 7) is 1.92. The third-order valence-electron chi connectivity index (χ3n) is 4.57. The Hall–Kier alpha value is -2.48. The van der Waals surface area contributed by atoms with E-state index in [1.807, 2.05) is 25.1 Å². The summed E-state index contributed by atoms with van der Waals surface area (Å²) < 4.78 is 28.5. The van der Waals surface area contributed by atoms with Crippen LogP contribution in [0.3, 0.4) is 0 Å². The van der Waals surface area contributed by atoms with Gasteiger partial charge in [-0.1, -0.05) is 31.2 Å². The van der Waals surface area contributed by atoms with Crippen molar-refractivity contribution in [1.29, 1.82) is 0 Å². The van der Waals surface area contributed by atoms with Gasteiger partial charge in [0, 0.05) is 18.0 Å². The molecule has 0 bridgehead atoms. The molecule has 0 saturated carbocycles. The lowest BCUT2D eigenvalue weighted by Crippen LogP contribution is -2.43. The van der Waals surface area contributed by atoms with Gasteiger partial charge in [-0.2, -0.15) is 0 Å². The van der Waals surface area contributed by atoms with E-state index in [1.165, 1.54) is 4.90 Å². The molecule has 1 saturated heterocycles. The first-order valence-electron chi connectivity index (χ1n) is 8.92. The van der Waals surface area contributed by atoms with Crippen molar-refractivity contribution in [2.24, 2.45) is 0 Å². The highest BCUT2D eigenvalue weighted by atomic mass is 32.2. The Morgan fingerprint density at radius 2 is 2.00 bits per heavy atom. The molecule has 0 unspecified atom stereocenters. The Labute approximate surface area is 158 Å². The fourth-order valence-corrected chi connectivity index (χ4v) is 4.97. The van der Waals surface area contributed by atoms with E-state index in [9.17, 15) is 18.0 Å². The van der Waals surface area contributed by atoms with Crippen molar-refractivity contribution in [2.75, 3.05) is 24.7 Å². The van der Waals surface area contributed by atoms with Gasteiger partial charge in [-0.15, -0.1) is 0 Å². The predicted molar refractivity (Wildman–Crippen MR) is 101 cm³/mol. The van der Waals surface area contributed by atoms with E-state index in [1.54, 1.807) is 18.2 Å². The Bertz CT molecular complexity index is 957. The molecule has 1 aliphatic heterocycles. The second-order valence-corrected chi connectivity index (χ2v) is 8.84. The quantitative estimate of drug-likeness (QED) is 0.699. The number of pyridine rings is 1. The largest absolute Gasteiger partial charge is 0.451 e. The van der Waals surface area contributed by atoms with Crippen LogP contribution in [0, 0.1) is 0 Å². The number of ether oxygens (including phenoxy) is 1. The molecule has 3 rings (SSSR count). The van der Waals surface area contributed by atoms with Crippen LogP contribution in [-0.4, -0.2) is 60.9 Å². The Balaban J connectivity index is 1.64. The molecule has 0 radical (unpaired) electrons. The van der Waals surface area contributed by atoms with E-state index in [4.69, 9.17) is 4.74 Å². The first-order valence-corrected chi connectivity index (χ1v) is 10.7. The molecule has 8 heteroatoms. The van der Waals surface area contributed by atoms with Gasteiger partial charge in [0.2, 0.25) is 0 Å².